The molecule has 4 rings (SSSR count). The van der Waals surface area contributed by atoms with Crippen LogP contribution in [0.5, 0.6) is 17.2 Å². The molecule has 4 nitrogen and oxygen atoms in total. The van der Waals surface area contributed by atoms with Crippen molar-refractivity contribution in [3.63, 3.8) is 0 Å². The molecule has 0 spiro atoms. The number of aliphatic carboxylic acids is 1. The molecule has 4 aromatic carbocycles. The van der Waals surface area contributed by atoms with Crippen molar-refractivity contribution in [2.45, 2.75) is 6.92 Å². The standard InChI is InChI=1S/C26H19FO4/c1-16-13-19-15-20(28)9-10-21(19)26(25(16)18-5-3-2-4-6-18)31-23-11-7-17(14-22(23)27)8-12-24(29)30/h2-15,28H,1H3,(H,29,30)/b12-8+. The van der Waals surface area contributed by atoms with Crippen molar-refractivity contribution in [1.82, 2.24) is 0 Å². The van der Waals surface area contributed by atoms with E-state index in [0.29, 0.717) is 11.3 Å². The van der Waals surface area contributed by atoms with Crippen LogP contribution >= 0.6 is 0 Å². The highest BCUT2D eigenvalue weighted by atomic mass is 19.1. The Balaban J connectivity index is 1.87. The maximum atomic E-state index is 14.8. The number of carbonyl (C=O) groups is 1. The molecule has 0 aliphatic carbocycles. The zero-order valence-corrected chi connectivity index (χ0v) is 16.7. The summed E-state index contributed by atoms with van der Waals surface area (Å²) in [4.78, 5) is 10.7. The number of halogens is 1. The normalized spacial score (nSPS) is 11.2. The number of aryl methyl sites for hydroxylation is 1. The van der Waals surface area contributed by atoms with Crippen molar-refractivity contribution in [3.8, 4) is 28.4 Å². The maximum Gasteiger partial charge on any atom is 0.328 e. The zero-order chi connectivity index (χ0) is 22.0. The summed E-state index contributed by atoms with van der Waals surface area (Å²) in [6.07, 6.45) is 2.26. The number of phenolic OH excluding ortho intramolecular Hbond substituents is 1. The predicted molar refractivity (Wildman–Crippen MR) is 119 cm³/mol. The second kappa shape index (κ2) is 8.32. The van der Waals surface area contributed by atoms with Crippen molar-refractivity contribution >= 4 is 22.8 Å². The molecule has 0 saturated heterocycles. The third-order valence-corrected chi connectivity index (χ3v) is 4.92. The van der Waals surface area contributed by atoms with Crippen LogP contribution in [0.3, 0.4) is 0 Å². The number of fused-ring (bicyclic) bond motifs is 1. The molecule has 0 amide bonds. The SMILES string of the molecule is Cc1cc2cc(O)ccc2c(Oc2ccc(/C=C/C(=O)O)cc2F)c1-c1ccccc1. The molecule has 0 saturated carbocycles. The molecule has 0 unspecified atom stereocenters. The van der Waals surface area contributed by atoms with Crippen LogP contribution in [0.15, 0.2) is 78.9 Å². The molecule has 5 heteroatoms. The number of aromatic hydroxyl groups is 1. The van der Waals surface area contributed by atoms with Gasteiger partial charge in [-0.2, -0.15) is 0 Å². The van der Waals surface area contributed by atoms with Gasteiger partial charge in [0.2, 0.25) is 0 Å². The molecule has 0 aliphatic rings. The molecule has 31 heavy (non-hydrogen) atoms. The van der Waals surface area contributed by atoms with E-state index in [2.05, 4.69) is 0 Å². The Morgan fingerprint density at radius 2 is 1.77 bits per heavy atom. The fourth-order valence-electron chi connectivity index (χ4n) is 3.55. The fraction of sp³-hybridized carbons (Fsp3) is 0.0385. The summed E-state index contributed by atoms with van der Waals surface area (Å²) >= 11 is 0. The van der Waals surface area contributed by atoms with Gasteiger partial charge in [-0.15, -0.1) is 0 Å². The quantitative estimate of drug-likeness (QED) is 0.363. The maximum absolute atomic E-state index is 14.8. The van der Waals surface area contributed by atoms with E-state index in [1.54, 1.807) is 24.3 Å². The molecule has 4 aromatic rings. The lowest BCUT2D eigenvalue weighted by atomic mass is 9.94. The first-order chi connectivity index (χ1) is 14.9. The topological polar surface area (TPSA) is 66.8 Å². The Labute approximate surface area is 178 Å². The van der Waals surface area contributed by atoms with Gasteiger partial charge in [0.15, 0.2) is 11.6 Å². The largest absolute Gasteiger partial charge is 0.508 e. The van der Waals surface area contributed by atoms with E-state index < -0.39 is 11.8 Å². The highest BCUT2D eigenvalue weighted by Gasteiger charge is 2.17. The predicted octanol–water partition coefficient (Wildman–Crippen LogP) is 6.55. The van der Waals surface area contributed by atoms with Crippen LogP contribution in [0.25, 0.3) is 28.0 Å². The first kappa shape index (κ1) is 20.2. The number of ether oxygens (including phenoxy) is 1. The van der Waals surface area contributed by atoms with Gasteiger partial charge in [-0.1, -0.05) is 42.5 Å². The van der Waals surface area contributed by atoms with Gasteiger partial charge in [0.25, 0.3) is 0 Å². The minimum atomic E-state index is -1.11. The van der Waals surface area contributed by atoms with Gasteiger partial charge in [0, 0.05) is 17.0 Å². The second-order valence-corrected chi connectivity index (χ2v) is 7.13. The van der Waals surface area contributed by atoms with E-state index in [4.69, 9.17) is 9.84 Å². The van der Waals surface area contributed by atoms with Crippen LogP contribution in [0.1, 0.15) is 11.1 Å². The van der Waals surface area contributed by atoms with E-state index in [9.17, 15) is 14.3 Å². The first-order valence-electron chi connectivity index (χ1n) is 9.62. The number of hydrogen-bond acceptors (Lipinski definition) is 3. The monoisotopic (exact) mass is 414 g/mol. The van der Waals surface area contributed by atoms with Gasteiger partial charge in [-0.3, -0.25) is 0 Å². The van der Waals surface area contributed by atoms with Crippen molar-refractivity contribution < 1.29 is 24.1 Å². The minimum absolute atomic E-state index is 0.0182. The minimum Gasteiger partial charge on any atom is -0.508 e. The molecule has 0 fully saturated rings. The Kier molecular flexibility index (Phi) is 5.41. The molecule has 0 heterocycles. The average molecular weight is 414 g/mol. The molecule has 0 atom stereocenters. The van der Waals surface area contributed by atoms with Crippen LogP contribution in [-0.2, 0) is 4.79 Å². The van der Waals surface area contributed by atoms with E-state index in [0.717, 1.165) is 33.5 Å². The summed E-state index contributed by atoms with van der Waals surface area (Å²) in [7, 11) is 0. The van der Waals surface area contributed by atoms with Crippen molar-refractivity contribution in [3.05, 3.63) is 95.8 Å². The Hall–Kier alpha value is -4.12. The third-order valence-electron chi connectivity index (χ3n) is 4.92. The van der Waals surface area contributed by atoms with Crippen molar-refractivity contribution in [2.75, 3.05) is 0 Å². The lowest BCUT2D eigenvalue weighted by Gasteiger charge is -2.18. The smallest absolute Gasteiger partial charge is 0.328 e. The van der Waals surface area contributed by atoms with Gasteiger partial charge in [-0.25, -0.2) is 9.18 Å². The Morgan fingerprint density at radius 1 is 1.00 bits per heavy atom. The van der Waals surface area contributed by atoms with Gasteiger partial charge >= 0.3 is 5.97 Å². The summed E-state index contributed by atoms with van der Waals surface area (Å²) < 4.78 is 20.9. The van der Waals surface area contributed by atoms with E-state index >= 15 is 0 Å². The number of carboxylic acids is 1. The Morgan fingerprint density at radius 3 is 2.48 bits per heavy atom. The van der Waals surface area contributed by atoms with E-state index in [-0.39, 0.29) is 11.5 Å². The van der Waals surface area contributed by atoms with E-state index in [1.165, 1.54) is 18.2 Å². The lowest BCUT2D eigenvalue weighted by molar-refractivity contribution is -0.131. The molecule has 154 valence electrons. The summed E-state index contributed by atoms with van der Waals surface area (Å²) in [5, 5.41) is 20.2. The molecule has 0 aliphatic heterocycles. The molecule has 2 N–H and O–H groups in total. The molecule has 0 aromatic heterocycles. The molecule has 0 bridgehead atoms. The van der Waals surface area contributed by atoms with Crippen LogP contribution in [0.2, 0.25) is 0 Å². The number of hydrogen-bond donors (Lipinski definition) is 2. The Bertz CT molecular complexity index is 1310. The van der Waals surface area contributed by atoms with Gasteiger partial charge in [0.05, 0.1) is 0 Å². The summed E-state index contributed by atoms with van der Waals surface area (Å²) in [6, 6.07) is 20.9. The van der Waals surface area contributed by atoms with E-state index in [1.807, 2.05) is 43.3 Å². The number of carboxylic acid groups (broad SMARTS) is 1. The second-order valence-electron chi connectivity index (χ2n) is 7.13. The number of benzene rings is 4. The highest BCUT2D eigenvalue weighted by Crippen LogP contribution is 2.43. The fourth-order valence-corrected chi connectivity index (χ4v) is 3.55. The van der Waals surface area contributed by atoms with Gasteiger partial charge in [0.1, 0.15) is 11.5 Å². The molecular weight excluding hydrogens is 395 g/mol. The zero-order valence-electron chi connectivity index (χ0n) is 16.7. The van der Waals surface area contributed by atoms with Crippen LogP contribution < -0.4 is 4.74 Å². The average Bonchev–Trinajstić information content (AvgIpc) is 2.74. The van der Waals surface area contributed by atoms with Crippen molar-refractivity contribution in [1.29, 1.82) is 0 Å². The summed E-state index contributed by atoms with van der Waals surface area (Å²) in [5.41, 5.74) is 3.08. The van der Waals surface area contributed by atoms with Gasteiger partial charge < -0.3 is 14.9 Å². The van der Waals surface area contributed by atoms with Gasteiger partial charge in [-0.05, 0) is 65.4 Å². The van der Waals surface area contributed by atoms with Crippen LogP contribution in [0.4, 0.5) is 4.39 Å². The first-order valence-corrected chi connectivity index (χ1v) is 9.62. The number of phenols is 1. The summed E-state index contributed by atoms with van der Waals surface area (Å²) in [6.45, 7) is 1.94. The van der Waals surface area contributed by atoms with Crippen molar-refractivity contribution in [2.24, 2.45) is 0 Å². The van der Waals surface area contributed by atoms with Crippen LogP contribution in [-0.4, -0.2) is 16.2 Å². The number of rotatable bonds is 5. The van der Waals surface area contributed by atoms with Crippen LogP contribution in [0, 0.1) is 12.7 Å². The molecular formula is C26H19FO4. The molecule has 0 radical (unpaired) electrons. The highest BCUT2D eigenvalue weighted by molar-refractivity contribution is 5.97. The lowest BCUT2D eigenvalue weighted by Crippen LogP contribution is -1.96. The summed E-state index contributed by atoms with van der Waals surface area (Å²) in [5.74, 6) is -1.09. The third kappa shape index (κ3) is 4.26.